The van der Waals surface area contributed by atoms with E-state index in [0.717, 1.165) is 23.7 Å². The maximum Gasteiger partial charge on any atom is -0.0420 e. The lowest BCUT2D eigenvalue weighted by molar-refractivity contribution is 0.451. The van der Waals surface area contributed by atoms with Gasteiger partial charge >= 0.3 is 0 Å². The second-order valence-corrected chi connectivity index (χ2v) is 8.76. The van der Waals surface area contributed by atoms with Crippen LogP contribution in [0.25, 0.3) is 0 Å². The second-order valence-electron chi connectivity index (χ2n) is 8.76. The molecule has 0 N–H and O–H groups in total. The monoisotopic (exact) mass is 372 g/mol. The summed E-state index contributed by atoms with van der Waals surface area (Å²) in [5, 5.41) is 0. The number of rotatable bonds is 10. The molecule has 0 aliphatic rings. The fraction of sp³-hybridized carbons (Fsp3) is 1.00. The maximum atomic E-state index is 2.31. The fourth-order valence-corrected chi connectivity index (χ4v) is 2.38. The lowest BCUT2D eigenvalue weighted by Gasteiger charge is -2.08. The first-order valence-electron chi connectivity index (χ1n) is 12.2. The normalized spacial score (nSPS) is 11.2. The third-order valence-corrected chi connectivity index (χ3v) is 5.01. The largest absolute Gasteiger partial charge is 0.0654 e. The van der Waals surface area contributed by atoms with Gasteiger partial charge < -0.3 is 0 Å². The topological polar surface area (TPSA) is 0 Å². The molecule has 0 aromatic rings. The zero-order chi connectivity index (χ0) is 21.4. The molecule has 0 nitrogen and oxygen atoms in total. The minimum atomic E-state index is 0.884. The molecule has 0 fully saturated rings. The summed E-state index contributed by atoms with van der Waals surface area (Å²) in [6.07, 6.45) is 13.6. The standard InChI is InChI=1S/C8H18.C7H16.C6H14.C5H12/c1-4-7-8(5-2)6-3;1-4-6-7(3)5-2;1-4-5-6(2)3;1-4-5(2)3/h8H,4-7H2,1-3H3;7H,4-6H2,1-3H3;6H,4-5H2,1-3H3;5H,4H2,1-3H3. The van der Waals surface area contributed by atoms with Crippen molar-refractivity contribution in [2.45, 2.75) is 147 Å². The van der Waals surface area contributed by atoms with Crippen LogP contribution < -0.4 is 0 Å². The third kappa shape index (κ3) is 43.9. The zero-order valence-electron chi connectivity index (χ0n) is 21.4. The van der Waals surface area contributed by atoms with E-state index >= 15 is 0 Å². The van der Waals surface area contributed by atoms with Gasteiger partial charge in [-0.1, -0.05) is 147 Å². The average Bonchev–Trinajstić information content (AvgIpc) is 2.61. The molecule has 0 bridgehead atoms. The highest BCUT2D eigenvalue weighted by molar-refractivity contribution is 4.51. The molecule has 0 spiro atoms. The first kappa shape index (κ1) is 33.6. The highest BCUT2D eigenvalue weighted by Gasteiger charge is 1.98. The van der Waals surface area contributed by atoms with Crippen molar-refractivity contribution in [3.8, 4) is 0 Å². The predicted octanol–water partition coefficient (Wildman–Crippen LogP) is 10.6. The molecule has 1 atom stereocenters. The zero-order valence-corrected chi connectivity index (χ0v) is 21.4. The van der Waals surface area contributed by atoms with E-state index in [2.05, 4.69) is 83.1 Å². The van der Waals surface area contributed by atoms with Crippen LogP contribution in [0.2, 0.25) is 0 Å². The lowest BCUT2D eigenvalue weighted by Crippen LogP contribution is -1.94. The minimum absolute atomic E-state index is 0.884. The van der Waals surface area contributed by atoms with Crippen molar-refractivity contribution in [3.63, 3.8) is 0 Å². The Morgan fingerprint density at radius 1 is 0.423 bits per heavy atom. The number of hydrogen-bond donors (Lipinski definition) is 0. The molecule has 0 aliphatic heterocycles. The number of hydrogen-bond acceptors (Lipinski definition) is 0. The van der Waals surface area contributed by atoms with Gasteiger partial charge in [-0.3, -0.25) is 0 Å². The Kier molecular flexibility index (Phi) is 38.4. The average molecular weight is 373 g/mol. The van der Waals surface area contributed by atoms with Gasteiger partial charge in [0.2, 0.25) is 0 Å². The molecule has 164 valence electrons. The van der Waals surface area contributed by atoms with Gasteiger partial charge in [0, 0.05) is 0 Å². The first-order chi connectivity index (χ1) is 12.2. The maximum absolute atomic E-state index is 2.31. The van der Waals surface area contributed by atoms with E-state index in [-0.39, 0.29) is 0 Å². The Balaban J connectivity index is -0.000000126. The highest BCUT2D eigenvalue weighted by atomic mass is 14.0. The SMILES string of the molecule is CCC(C)C.CCCC(C)C.CCCC(C)CC.CCCC(CC)CC. The van der Waals surface area contributed by atoms with Gasteiger partial charge in [0.05, 0.1) is 0 Å². The van der Waals surface area contributed by atoms with E-state index in [0.29, 0.717) is 0 Å². The highest BCUT2D eigenvalue weighted by Crippen LogP contribution is 2.13. The molecular weight excluding hydrogens is 312 g/mol. The van der Waals surface area contributed by atoms with Crippen molar-refractivity contribution in [2.24, 2.45) is 23.7 Å². The van der Waals surface area contributed by atoms with Crippen LogP contribution in [0.1, 0.15) is 147 Å². The van der Waals surface area contributed by atoms with Crippen LogP contribution in [0.5, 0.6) is 0 Å². The first-order valence-corrected chi connectivity index (χ1v) is 12.2. The fourth-order valence-electron chi connectivity index (χ4n) is 2.38. The Hall–Kier alpha value is 0. The summed E-state index contributed by atoms with van der Waals surface area (Å²) in [6, 6.07) is 0. The van der Waals surface area contributed by atoms with Crippen LogP contribution >= 0.6 is 0 Å². The van der Waals surface area contributed by atoms with Crippen LogP contribution in [0.15, 0.2) is 0 Å². The molecule has 1 unspecified atom stereocenters. The van der Waals surface area contributed by atoms with Crippen molar-refractivity contribution in [3.05, 3.63) is 0 Å². The van der Waals surface area contributed by atoms with Crippen LogP contribution in [0.3, 0.4) is 0 Å². The van der Waals surface area contributed by atoms with Gasteiger partial charge in [0.15, 0.2) is 0 Å². The van der Waals surface area contributed by atoms with E-state index < -0.39 is 0 Å². The van der Waals surface area contributed by atoms with Gasteiger partial charge in [0.25, 0.3) is 0 Å². The molecule has 0 saturated carbocycles. The van der Waals surface area contributed by atoms with Crippen molar-refractivity contribution in [2.75, 3.05) is 0 Å². The van der Waals surface area contributed by atoms with Gasteiger partial charge in [0.1, 0.15) is 0 Å². The Labute approximate surface area is 171 Å². The summed E-state index contributed by atoms with van der Waals surface area (Å²) >= 11 is 0. The van der Waals surface area contributed by atoms with E-state index in [4.69, 9.17) is 0 Å². The summed E-state index contributed by atoms with van der Waals surface area (Å²) < 4.78 is 0. The van der Waals surface area contributed by atoms with Gasteiger partial charge in [-0.15, -0.1) is 0 Å². The molecule has 0 aliphatic carbocycles. The molecule has 0 saturated heterocycles. The summed E-state index contributed by atoms with van der Waals surface area (Å²) in [7, 11) is 0. The van der Waals surface area contributed by atoms with Crippen molar-refractivity contribution in [1.29, 1.82) is 0 Å². The summed E-state index contributed by atoms with van der Waals surface area (Å²) in [5.74, 6) is 3.73. The van der Waals surface area contributed by atoms with E-state index in [1.807, 2.05) is 0 Å². The quantitative estimate of drug-likeness (QED) is 0.357. The molecule has 0 heterocycles. The van der Waals surface area contributed by atoms with Crippen molar-refractivity contribution >= 4 is 0 Å². The molecule has 26 heavy (non-hydrogen) atoms. The molecule has 0 amide bonds. The molecule has 0 aromatic carbocycles. The van der Waals surface area contributed by atoms with Crippen LogP contribution in [-0.2, 0) is 0 Å². The molecule has 0 aromatic heterocycles. The summed E-state index contributed by atoms with van der Waals surface area (Å²) in [5.41, 5.74) is 0. The predicted molar refractivity (Wildman–Crippen MR) is 128 cm³/mol. The van der Waals surface area contributed by atoms with E-state index in [1.54, 1.807) is 0 Å². The Morgan fingerprint density at radius 2 is 0.808 bits per heavy atom. The van der Waals surface area contributed by atoms with Gasteiger partial charge in [-0.05, 0) is 23.7 Å². The Bertz CT molecular complexity index is 188. The van der Waals surface area contributed by atoms with Crippen LogP contribution in [0.4, 0.5) is 0 Å². The smallest absolute Gasteiger partial charge is 0.0420 e. The summed E-state index contributed by atoms with van der Waals surface area (Å²) in [6.45, 7) is 27.0. The van der Waals surface area contributed by atoms with Crippen molar-refractivity contribution in [1.82, 2.24) is 0 Å². The van der Waals surface area contributed by atoms with Gasteiger partial charge in [-0.25, -0.2) is 0 Å². The molecule has 0 rings (SSSR count). The Morgan fingerprint density at radius 3 is 0.885 bits per heavy atom. The minimum Gasteiger partial charge on any atom is -0.0654 e. The summed E-state index contributed by atoms with van der Waals surface area (Å²) in [4.78, 5) is 0. The molecule has 0 radical (unpaired) electrons. The van der Waals surface area contributed by atoms with Crippen molar-refractivity contribution < 1.29 is 0 Å². The van der Waals surface area contributed by atoms with Crippen LogP contribution in [0, 0.1) is 23.7 Å². The van der Waals surface area contributed by atoms with E-state index in [1.165, 1.54) is 64.2 Å². The second kappa shape index (κ2) is 29.8. The van der Waals surface area contributed by atoms with Gasteiger partial charge in [-0.2, -0.15) is 0 Å². The van der Waals surface area contributed by atoms with E-state index in [9.17, 15) is 0 Å². The molecular formula is C26H60. The third-order valence-electron chi connectivity index (χ3n) is 5.01. The van der Waals surface area contributed by atoms with Crippen LogP contribution in [-0.4, -0.2) is 0 Å². The molecule has 0 heteroatoms. The lowest BCUT2D eigenvalue weighted by atomic mass is 9.98.